The first-order valence-electron chi connectivity index (χ1n) is 3.82. The van der Waals surface area contributed by atoms with Gasteiger partial charge in [0.05, 0.1) is 12.9 Å². The second-order valence-electron chi connectivity index (χ2n) is 2.33. The molecule has 1 N–H and O–H groups in total. The predicted octanol–water partition coefficient (Wildman–Crippen LogP) is 1.95. The number of hydrogen-bond acceptors (Lipinski definition) is 1. The van der Waals surface area contributed by atoms with Crippen LogP contribution in [-0.4, -0.2) is 6.34 Å². The molecular weight excluding hydrogens is 148 g/mol. The molecule has 62 valence electrons. The van der Waals surface area contributed by atoms with Crippen LogP contribution in [0.1, 0.15) is 5.56 Å². The highest BCUT2D eigenvalue weighted by Gasteiger charge is 1.84. The van der Waals surface area contributed by atoms with Crippen molar-refractivity contribution in [1.29, 1.82) is 0 Å². The van der Waals surface area contributed by atoms with Crippen LogP contribution in [0.4, 0.5) is 0 Å². The second-order valence-corrected chi connectivity index (χ2v) is 2.33. The van der Waals surface area contributed by atoms with Gasteiger partial charge in [0.2, 0.25) is 0 Å². The summed E-state index contributed by atoms with van der Waals surface area (Å²) in [5.74, 6) is 0. The number of nitrogens with zero attached hydrogens (tertiary/aromatic N) is 1. The van der Waals surface area contributed by atoms with Crippen LogP contribution in [0, 0.1) is 0 Å². The Kier molecular flexibility index (Phi) is 3.64. The van der Waals surface area contributed by atoms with Crippen molar-refractivity contribution in [1.82, 2.24) is 5.32 Å². The fourth-order valence-electron chi connectivity index (χ4n) is 0.840. The maximum atomic E-state index is 4.12. The van der Waals surface area contributed by atoms with Crippen molar-refractivity contribution in [3.8, 4) is 0 Å². The number of benzene rings is 1. The minimum atomic E-state index is 0.710. The maximum absolute atomic E-state index is 4.12. The molecule has 0 unspecified atom stereocenters. The Hall–Kier alpha value is -1.57. The molecule has 0 amide bonds. The largest absolute Gasteiger partial charge is 0.354 e. The molecule has 0 aliphatic rings. The lowest BCUT2D eigenvalue weighted by molar-refractivity contribution is 1.06. The zero-order valence-corrected chi connectivity index (χ0v) is 6.90. The average Bonchev–Trinajstić information content (AvgIpc) is 2.14. The van der Waals surface area contributed by atoms with Crippen LogP contribution >= 0.6 is 0 Å². The van der Waals surface area contributed by atoms with Crippen molar-refractivity contribution in [3.05, 3.63) is 48.7 Å². The van der Waals surface area contributed by atoms with E-state index in [0.717, 1.165) is 0 Å². The monoisotopic (exact) mass is 160 g/mol. The van der Waals surface area contributed by atoms with Gasteiger partial charge in [0, 0.05) is 0 Å². The fourth-order valence-corrected chi connectivity index (χ4v) is 0.840. The first-order valence-corrected chi connectivity index (χ1v) is 3.82. The molecule has 0 atom stereocenters. The molecule has 2 nitrogen and oxygen atoms in total. The van der Waals surface area contributed by atoms with Gasteiger partial charge in [0.1, 0.15) is 0 Å². The third kappa shape index (κ3) is 3.01. The normalized spacial score (nSPS) is 10.0. The Labute approximate surface area is 72.6 Å². The van der Waals surface area contributed by atoms with Gasteiger partial charge < -0.3 is 5.32 Å². The molecule has 0 aromatic heterocycles. The predicted molar refractivity (Wildman–Crippen MR) is 52.0 cm³/mol. The van der Waals surface area contributed by atoms with Crippen molar-refractivity contribution >= 4 is 6.34 Å². The van der Waals surface area contributed by atoms with Crippen LogP contribution in [0.5, 0.6) is 0 Å². The van der Waals surface area contributed by atoms with E-state index in [9.17, 15) is 0 Å². The molecule has 0 saturated carbocycles. The molecule has 0 saturated heterocycles. The Morgan fingerprint density at radius 1 is 1.33 bits per heavy atom. The van der Waals surface area contributed by atoms with E-state index in [1.54, 1.807) is 12.5 Å². The molecule has 0 aliphatic carbocycles. The Bertz CT molecular complexity index is 252. The molecule has 0 fully saturated rings. The van der Waals surface area contributed by atoms with E-state index >= 15 is 0 Å². The summed E-state index contributed by atoms with van der Waals surface area (Å²) in [6.07, 6.45) is 3.23. The highest BCUT2D eigenvalue weighted by Crippen LogP contribution is 1.98. The minimum absolute atomic E-state index is 0.710. The topological polar surface area (TPSA) is 24.4 Å². The van der Waals surface area contributed by atoms with Gasteiger partial charge in [-0.25, -0.2) is 0 Å². The molecular formula is C10H12N2. The minimum Gasteiger partial charge on any atom is -0.354 e. The maximum Gasteiger partial charge on any atom is 0.0867 e. The van der Waals surface area contributed by atoms with E-state index in [4.69, 9.17) is 0 Å². The smallest absolute Gasteiger partial charge is 0.0867 e. The third-order valence-corrected chi connectivity index (χ3v) is 1.40. The summed E-state index contributed by atoms with van der Waals surface area (Å²) >= 11 is 0. The highest BCUT2D eigenvalue weighted by atomic mass is 14.9. The Balaban J connectivity index is 2.38. The van der Waals surface area contributed by atoms with Gasteiger partial charge >= 0.3 is 0 Å². The zero-order valence-electron chi connectivity index (χ0n) is 6.90. The SMILES string of the molecule is C=CNC=NCc1ccccc1. The summed E-state index contributed by atoms with van der Waals surface area (Å²) in [4.78, 5) is 4.12. The van der Waals surface area contributed by atoms with Gasteiger partial charge in [-0.15, -0.1) is 0 Å². The van der Waals surface area contributed by atoms with Gasteiger partial charge in [-0.2, -0.15) is 0 Å². The zero-order chi connectivity index (χ0) is 8.65. The number of rotatable bonds is 4. The van der Waals surface area contributed by atoms with Crippen LogP contribution in [0.15, 0.2) is 48.1 Å². The van der Waals surface area contributed by atoms with Crippen LogP contribution in [-0.2, 0) is 6.54 Å². The van der Waals surface area contributed by atoms with Crippen molar-refractivity contribution < 1.29 is 0 Å². The molecule has 1 aromatic rings. The summed E-state index contributed by atoms with van der Waals surface area (Å²) < 4.78 is 0. The quantitative estimate of drug-likeness (QED) is 0.528. The molecule has 0 bridgehead atoms. The Morgan fingerprint density at radius 2 is 2.08 bits per heavy atom. The van der Waals surface area contributed by atoms with Crippen molar-refractivity contribution in [2.45, 2.75) is 6.54 Å². The van der Waals surface area contributed by atoms with E-state index in [0.29, 0.717) is 6.54 Å². The van der Waals surface area contributed by atoms with Gasteiger partial charge in [-0.05, 0) is 11.8 Å². The van der Waals surface area contributed by atoms with Gasteiger partial charge in [-0.3, -0.25) is 4.99 Å². The van der Waals surface area contributed by atoms with E-state index in [1.807, 2.05) is 30.3 Å². The van der Waals surface area contributed by atoms with E-state index < -0.39 is 0 Å². The summed E-state index contributed by atoms with van der Waals surface area (Å²) in [5.41, 5.74) is 1.21. The third-order valence-electron chi connectivity index (χ3n) is 1.40. The molecule has 1 aromatic carbocycles. The lowest BCUT2D eigenvalue weighted by Gasteiger charge is -1.93. The Morgan fingerprint density at radius 3 is 2.75 bits per heavy atom. The lowest BCUT2D eigenvalue weighted by Crippen LogP contribution is -1.98. The molecule has 0 heterocycles. The molecule has 12 heavy (non-hydrogen) atoms. The van der Waals surface area contributed by atoms with E-state index in [1.165, 1.54) is 5.56 Å². The van der Waals surface area contributed by atoms with Gasteiger partial charge in [0.25, 0.3) is 0 Å². The number of nitrogens with one attached hydrogen (secondary N) is 1. The van der Waals surface area contributed by atoms with Crippen molar-refractivity contribution in [2.24, 2.45) is 4.99 Å². The fraction of sp³-hybridized carbons (Fsp3) is 0.100. The van der Waals surface area contributed by atoms with Crippen molar-refractivity contribution in [3.63, 3.8) is 0 Å². The molecule has 0 spiro atoms. The molecule has 2 heteroatoms. The molecule has 0 aliphatic heterocycles. The standard InChI is InChI=1S/C10H12N2/c1-2-11-9-12-8-10-6-4-3-5-7-10/h2-7,9H,1,8H2,(H,11,12). The summed E-state index contributed by atoms with van der Waals surface area (Å²) in [5, 5.41) is 2.79. The van der Waals surface area contributed by atoms with Crippen LogP contribution in [0.2, 0.25) is 0 Å². The van der Waals surface area contributed by atoms with Crippen molar-refractivity contribution in [2.75, 3.05) is 0 Å². The second kappa shape index (κ2) is 5.13. The highest BCUT2D eigenvalue weighted by molar-refractivity contribution is 5.55. The van der Waals surface area contributed by atoms with E-state index in [2.05, 4.69) is 16.9 Å². The molecule has 1 rings (SSSR count). The van der Waals surface area contributed by atoms with Crippen LogP contribution in [0.25, 0.3) is 0 Å². The van der Waals surface area contributed by atoms with Crippen LogP contribution in [0.3, 0.4) is 0 Å². The number of aliphatic imine (C=N–C) groups is 1. The van der Waals surface area contributed by atoms with Gasteiger partial charge in [0.15, 0.2) is 0 Å². The summed E-state index contributed by atoms with van der Waals surface area (Å²) in [6.45, 7) is 4.21. The summed E-state index contributed by atoms with van der Waals surface area (Å²) in [7, 11) is 0. The first kappa shape index (κ1) is 8.53. The average molecular weight is 160 g/mol. The molecule has 0 radical (unpaired) electrons. The van der Waals surface area contributed by atoms with E-state index in [-0.39, 0.29) is 0 Å². The van der Waals surface area contributed by atoms with Gasteiger partial charge in [-0.1, -0.05) is 36.9 Å². The number of hydrogen-bond donors (Lipinski definition) is 1. The van der Waals surface area contributed by atoms with Crippen LogP contribution < -0.4 is 5.32 Å². The first-order chi connectivity index (χ1) is 5.93. The summed E-state index contributed by atoms with van der Waals surface area (Å²) in [6, 6.07) is 10.1. The lowest BCUT2D eigenvalue weighted by atomic mass is 10.2.